The molecule has 0 unspecified atom stereocenters. The number of benzene rings is 1. The summed E-state index contributed by atoms with van der Waals surface area (Å²) in [5.41, 5.74) is 3.85. The first kappa shape index (κ1) is 18.5. The van der Waals surface area contributed by atoms with Gasteiger partial charge in [-0.25, -0.2) is 0 Å². The van der Waals surface area contributed by atoms with Crippen molar-refractivity contribution in [2.75, 3.05) is 7.05 Å². The lowest BCUT2D eigenvalue weighted by atomic mass is 10.0. The zero-order valence-corrected chi connectivity index (χ0v) is 14.0. The summed E-state index contributed by atoms with van der Waals surface area (Å²) in [6, 6.07) is 9.66. The fraction of sp³-hybridized carbons (Fsp3) is 0.600. The molecule has 2 saturated heterocycles. The van der Waals surface area contributed by atoms with Crippen LogP contribution in [-0.2, 0) is 6.54 Å². The molecule has 3 atom stereocenters. The van der Waals surface area contributed by atoms with Crippen LogP contribution in [0.5, 0.6) is 5.75 Å². The topological polar surface area (TPSA) is 50.5 Å². The number of nitrogens with one attached hydrogen (secondary N) is 1. The minimum atomic E-state index is 0. The molecule has 2 bridgehead atoms. The van der Waals surface area contributed by atoms with Gasteiger partial charge in [-0.15, -0.1) is 24.8 Å². The highest BCUT2D eigenvalue weighted by molar-refractivity contribution is 5.85. The maximum atomic E-state index is 6.18. The third-order valence-electron chi connectivity index (χ3n) is 4.56. The van der Waals surface area contributed by atoms with Crippen LogP contribution in [0.25, 0.3) is 0 Å². The number of piperidine rings is 1. The van der Waals surface area contributed by atoms with Gasteiger partial charge in [-0.2, -0.15) is 0 Å². The molecule has 1 aromatic carbocycles. The quantitative estimate of drug-likeness (QED) is 0.656. The Morgan fingerprint density at radius 3 is 2.52 bits per heavy atom. The number of rotatable bonds is 4. The second-order valence-corrected chi connectivity index (χ2v) is 5.79. The van der Waals surface area contributed by atoms with Crippen LogP contribution in [0.2, 0.25) is 0 Å². The van der Waals surface area contributed by atoms with E-state index in [1.807, 2.05) is 12.1 Å². The number of ether oxygens (including phenoxy) is 1. The lowest BCUT2D eigenvalue weighted by molar-refractivity contribution is 0.0661. The Morgan fingerprint density at radius 1 is 1.24 bits per heavy atom. The van der Waals surface area contributed by atoms with Crippen molar-refractivity contribution in [2.24, 2.45) is 5.84 Å². The summed E-state index contributed by atoms with van der Waals surface area (Å²) < 4.78 is 6.18. The van der Waals surface area contributed by atoms with E-state index in [0.29, 0.717) is 12.6 Å². The van der Waals surface area contributed by atoms with Crippen LogP contribution in [0, 0.1) is 0 Å². The smallest absolute Gasteiger partial charge is 0.120 e. The molecule has 4 nitrogen and oxygen atoms in total. The summed E-state index contributed by atoms with van der Waals surface area (Å²) in [4.78, 5) is 2.54. The summed E-state index contributed by atoms with van der Waals surface area (Å²) in [5.74, 6) is 6.33. The highest BCUT2D eigenvalue weighted by atomic mass is 35.5. The Balaban J connectivity index is 0.00000110. The predicted molar refractivity (Wildman–Crippen MR) is 90.2 cm³/mol. The molecule has 0 aromatic heterocycles. The molecule has 6 heteroatoms. The standard InChI is InChI=1S/C15H23N3O.2ClH/c1-18-12-5-6-13(18)9-15(8-12)19-14-4-2-3-11(7-14)10-17-16;;/h2-4,7,12-13,15,17H,5-6,8-10,16H2,1H3;2*1H/t12-,13+,15-;;. The van der Waals surface area contributed by atoms with Crippen molar-refractivity contribution >= 4 is 24.8 Å². The Morgan fingerprint density at radius 2 is 1.90 bits per heavy atom. The lowest BCUT2D eigenvalue weighted by Crippen LogP contribution is -2.43. The van der Waals surface area contributed by atoms with Crippen molar-refractivity contribution in [3.05, 3.63) is 29.8 Å². The number of nitrogens with two attached hydrogens (primary N) is 1. The summed E-state index contributed by atoms with van der Waals surface area (Å²) in [7, 11) is 2.26. The number of nitrogens with zero attached hydrogens (tertiary/aromatic N) is 1. The number of fused-ring (bicyclic) bond motifs is 2. The molecule has 2 aliphatic rings. The van der Waals surface area contributed by atoms with Crippen molar-refractivity contribution in [1.29, 1.82) is 0 Å². The van der Waals surface area contributed by atoms with Gasteiger partial charge in [0.1, 0.15) is 11.9 Å². The molecule has 2 aliphatic heterocycles. The molecule has 0 saturated carbocycles. The first-order valence-corrected chi connectivity index (χ1v) is 7.17. The number of hydrogen-bond donors (Lipinski definition) is 2. The van der Waals surface area contributed by atoms with Crippen molar-refractivity contribution in [2.45, 2.75) is 50.4 Å². The molecular weight excluding hydrogens is 309 g/mol. The average Bonchev–Trinajstić information content (AvgIpc) is 2.63. The van der Waals surface area contributed by atoms with Crippen LogP contribution in [0.1, 0.15) is 31.2 Å². The van der Waals surface area contributed by atoms with Crippen LogP contribution in [0.3, 0.4) is 0 Å². The van der Waals surface area contributed by atoms with Crippen molar-refractivity contribution in [1.82, 2.24) is 10.3 Å². The lowest BCUT2D eigenvalue weighted by Gasteiger charge is -2.36. The SMILES string of the molecule is CN1[C@@H]2CC[C@H]1C[C@H](Oc1cccc(CNN)c1)C2.Cl.Cl. The van der Waals surface area contributed by atoms with E-state index in [9.17, 15) is 0 Å². The second-order valence-electron chi connectivity index (χ2n) is 5.79. The summed E-state index contributed by atoms with van der Waals surface area (Å²) >= 11 is 0. The molecule has 21 heavy (non-hydrogen) atoms. The molecule has 0 radical (unpaired) electrons. The first-order chi connectivity index (χ1) is 9.26. The number of hydrogen-bond acceptors (Lipinski definition) is 4. The average molecular weight is 334 g/mol. The molecule has 3 rings (SSSR count). The van der Waals surface area contributed by atoms with Gasteiger partial charge in [-0.1, -0.05) is 12.1 Å². The van der Waals surface area contributed by atoms with E-state index in [0.717, 1.165) is 36.2 Å². The van der Waals surface area contributed by atoms with E-state index in [1.165, 1.54) is 12.8 Å². The Labute approximate surface area is 139 Å². The largest absolute Gasteiger partial charge is 0.490 e. The van der Waals surface area contributed by atoms with Gasteiger partial charge in [0, 0.05) is 18.6 Å². The van der Waals surface area contributed by atoms with E-state index in [1.54, 1.807) is 0 Å². The van der Waals surface area contributed by atoms with Crippen molar-refractivity contribution < 1.29 is 4.74 Å². The van der Waals surface area contributed by atoms with Crippen LogP contribution in [0.15, 0.2) is 24.3 Å². The van der Waals surface area contributed by atoms with Crippen molar-refractivity contribution in [3.8, 4) is 5.75 Å². The molecule has 2 fully saturated rings. The van der Waals surface area contributed by atoms with Crippen LogP contribution >= 0.6 is 24.8 Å². The number of hydrazine groups is 1. The highest BCUT2D eigenvalue weighted by Gasteiger charge is 2.39. The molecule has 0 amide bonds. The van der Waals surface area contributed by atoms with Gasteiger partial charge < -0.3 is 9.64 Å². The first-order valence-electron chi connectivity index (χ1n) is 7.17. The fourth-order valence-electron chi connectivity index (χ4n) is 3.50. The summed E-state index contributed by atoms with van der Waals surface area (Å²) in [6.07, 6.45) is 5.35. The van der Waals surface area contributed by atoms with Crippen LogP contribution < -0.4 is 16.0 Å². The van der Waals surface area contributed by atoms with Gasteiger partial charge >= 0.3 is 0 Å². The minimum Gasteiger partial charge on any atom is -0.490 e. The Kier molecular flexibility index (Phi) is 7.24. The molecule has 120 valence electrons. The van der Waals surface area contributed by atoms with Gasteiger partial charge in [0.2, 0.25) is 0 Å². The molecule has 0 aliphatic carbocycles. The zero-order chi connectivity index (χ0) is 13.2. The normalized spacial score (nSPS) is 27.6. The predicted octanol–water partition coefficient (Wildman–Crippen LogP) is 2.50. The Hall–Kier alpha value is -0.520. The van der Waals surface area contributed by atoms with E-state index < -0.39 is 0 Å². The van der Waals surface area contributed by atoms with E-state index in [-0.39, 0.29) is 24.8 Å². The van der Waals surface area contributed by atoms with Gasteiger partial charge in [0.15, 0.2) is 0 Å². The molecule has 1 aromatic rings. The number of halogens is 2. The third-order valence-corrected chi connectivity index (χ3v) is 4.56. The van der Waals surface area contributed by atoms with E-state index in [2.05, 4.69) is 29.5 Å². The van der Waals surface area contributed by atoms with Gasteiger partial charge in [-0.05, 0) is 50.4 Å². The van der Waals surface area contributed by atoms with Gasteiger partial charge in [0.05, 0.1) is 0 Å². The monoisotopic (exact) mass is 333 g/mol. The summed E-state index contributed by atoms with van der Waals surface area (Å²) in [6.45, 7) is 0.676. The van der Waals surface area contributed by atoms with Gasteiger partial charge in [-0.3, -0.25) is 11.3 Å². The summed E-state index contributed by atoms with van der Waals surface area (Å²) in [5, 5.41) is 0. The van der Waals surface area contributed by atoms with Crippen LogP contribution in [0.4, 0.5) is 0 Å². The minimum absolute atomic E-state index is 0. The molecule has 0 spiro atoms. The van der Waals surface area contributed by atoms with E-state index in [4.69, 9.17) is 10.6 Å². The maximum Gasteiger partial charge on any atom is 0.120 e. The molecule has 3 N–H and O–H groups in total. The highest BCUT2D eigenvalue weighted by Crippen LogP contribution is 2.35. The molecular formula is C15H25Cl2N3O. The zero-order valence-electron chi connectivity index (χ0n) is 12.3. The third kappa shape index (κ3) is 4.24. The Bertz CT molecular complexity index is 433. The molecule has 2 heterocycles. The van der Waals surface area contributed by atoms with Crippen molar-refractivity contribution in [3.63, 3.8) is 0 Å². The fourth-order valence-corrected chi connectivity index (χ4v) is 3.50. The maximum absolute atomic E-state index is 6.18. The second kappa shape index (κ2) is 8.20. The van der Waals surface area contributed by atoms with Crippen LogP contribution in [-0.4, -0.2) is 30.1 Å². The van der Waals surface area contributed by atoms with Gasteiger partial charge in [0.25, 0.3) is 0 Å². The van der Waals surface area contributed by atoms with E-state index >= 15 is 0 Å².